The molecule has 0 radical (unpaired) electrons. The quantitative estimate of drug-likeness (QED) is 0.566. The third kappa shape index (κ3) is 3.85. The van der Waals surface area contributed by atoms with Gasteiger partial charge in [-0.1, -0.05) is 36.4 Å². The number of fused-ring (bicyclic) bond motifs is 1. The topological polar surface area (TPSA) is 55.6 Å². The Bertz CT molecular complexity index is 918. The summed E-state index contributed by atoms with van der Waals surface area (Å²) in [7, 11) is 0. The smallest absolute Gasteiger partial charge is 0.427 e. The molecule has 3 aromatic rings. The lowest BCUT2D eigenvalue weighted by atomic mass is 10.2. The van der Waals surface area contributed by atoms with Crippen LogP contribution in [0.15, 0.2) is 59.8 Å². The second-order valence-electron chi connectivity index (χ2n) is 5.41. The summed E-state index contributed by atoms with van der Waals surface area (Å²) < 4.78 is 20.7. The molecule has 0 saturated carbocycles. The van der Waals surface area contributed by atoms with Crippen LogP contribution in [-0.4, -0.2) is 23.5 Å². The van der Waals surface area contributed by atoms with Crippen LogP contribution in [-0.2, 0) is 11.3 Å². The monoisotopic (exact) mass is 339 g/mol. The molecule has 0 unspecified atom stereocenters. The van der Waals surface area contributed by atoms with Gasteiger partial charge in [0.2, 0.25) is 0 Å². The largest absolute Gasteiger partial charge is 0.449 e. The van der Waals surface area contributed by atoms with E-state index in [1.54, 1.807) is 25.3 Å². The predicted octanol–water partition coefficient (Wildman–Crippen LogP) is 3.91. The van der Waals surface area contributed by atoms with Crippen LogP contribution in [0.1, 0.15) is 18.1 Å². The van der Waals surface area contributed by atoms with Crippen LogP contribution in [0.25, 0.3) is 10.9 Å². The lowest BCUT2D eigenvalue weighted by molar-refractivity contribution is 0.152. The van der Waals surface area contributed by atoms with Gasteiger partial charge in [0.15, 0.2) is 0 Å². The van der Waals surface area contributed by atoms with Crippen molar-refractivity contribution >= 4 is 23.2 Å². The summed E-state index contributed by atoms with van der Waals surface area (Å²) in [4.78, 5) is 11.3. The Balaban J connectivity index is 1.89. The van der Waals surface area contributed by atoms with Crippen LogP contribution in [0, 0.1) is 5.82 Å². The Morgan fingerprint density at radius 2 is 2.00 bits per heavy atom. The van der Waals surface area contributed by atoms with Crippen LogP contribution in [0.2, 0.25) is 0 Å². The SMILES string of the molecule is CCOC(=O)N/N=C/c1cn(Cc2ccccc2F)c2ccccc12. The molecule has 0 bridgehead atoms. The first-order valence-electron chi connectivity index (χ1n) is 7.96. The molecule has 0 aliphatic rings. The van der Waals surface area contributed by atoms with Gasteiger partial charge < -0.3 is 9.30 Å². The fourth-order valence-electron chi connectivity index (χ4n) is 2.64. The normalized spacial score (nSPS) is 11.1. The van der Waals surface area contributed by atoms with Gasteiger partial charge in [0.1, 0.15) is 5.82 Å². The summed E-state index contributed by atoms with van der Waals surface area (Å²) in [6.45, 7) is 2.41. The van der Waals surface area contributed by atoms with Crippen molar-refractivity contribution in [1.82, 2.24) is 9.99 Å². The van der Waals surface area contributed by atoms with Crippen molar-refractivity contribution in [2.24, 2.45) is 5.10 Å². The maximum Gasteiger partial charge on any atom is 0.427 e. The van der Waals surface area contributed by atoms with E-state index in [9.17, 15) is 9.18 Å². The number of benzene rings is 2. The minimum absolute atomic E-state index is 0.237. The Labute approximate surface area is 144 Å². The molecule has 1 amide bonds. The van der Waals surface area contributed by atoms with E-state index in [1.807, 2.05) is 41.1 Å². The number of carbonyl (C=O) groups is 1. The van der Waals surface area contributed by atoms with Crippen LogP contribution in [0.5, 0.6) is 0 Å². The number of rotatable bonds is 5. The number of nitrogens with zero attached hydrogens (tertiary/aromatic N) is 2. The fraction of sp³-hybridized carbons (Fsp3) is 0.158. The molecule has 6 heteroatoms. The first-order valence-corrected chi connectivity index (χ1v) is 7.96. The van der Waals surface area contributed by atoms with Gasteiger partial charge in [-0.2, -0.15) is 5.10 Å². The van der Waals surface area contributed by atoms with E-state index < -0.39 is 6.09 Å². The number of para-hydroxylation sites is 1. The maximum atomic E-state index is 13.9. The lowest BCUT2D eigenvalue weighted by Crippen LogP contribution is -2.18. The number of hydrazone groups is 1. The Morgan fingerprint density at radius 3 is 2.80 bits per heavy atom. The van der Waals surface area contributed by atoms with Crippen molar-refractivity contribution in [2.75, 3.05) is 6.61 Å². The Hall–Kier alpha value is -3.15. The number of ether oxygens (including phenoxy) is 1. The first-order chi connectivity index (χ1) is 12.2. The lowest BCUT2D eigenvalue weighted by Gasteiger charge is -2.06. The number of amides is 1. The van der Waals surface area contributed by atoms with E-state index in [-0.39, 0.29) is 12.4 Å². The minimum Gasteiger partial charge on any atom is -0.449 e. The van der Waals surface area contributed by atoms with Gasteiger partial charge in [0.05, 0.1) is 19.4 Å². The number of halogens is 1. The van der Waals surface area contributed by atoms with E-state index in [2.05, 4.69) is 10.5 Å². The van der Waals surface area contributed by atoms with Gasteiger partial charge >= 0.3 is 6.09 Å². The van der Waals surface area contributed by atoms with Gasteiger partial charge in [-0.3, -0.25) is 0 Å². The van der Waals surface area contributed by atoms with Crippen LogP contribution in [0.3, 0.4) is 0 Å². The molecule has 1 N–H and O–H groups in total. The van der Waals surface area contributed by atoms with E-state index in [0.29, 0.717) is 12.1 Å². The summed E-state index contributed by atoms with van der Waals surface area (Å²) in [5.41, 5.74) is 4.70. The zero-order valence-electron chi connectivity index (χ0n) is 13.8. The molecule has 5 nitrogen and oxygen atoms in total. The molecule has 128 valence electrons. The highest BCUT2D eigenvalue weighted by Crippen LogP contribution is 2.21. The highest BCUT2D eigenvalue weighted by Gasteiger charge is 2.09. The maximum absolute atomic E-state index is 13.9. The molecular weight excluding hydrogens is 321 g/mol. The standard InChI is InChI=1S/C19H18FN3O2/c1-2-25-19(24)22-21-11-15-13-23(18-10-6-4-8-16(15)18)12-14-7-3-5-9-17(14)20/h3-11,13H,2,12H2,1H3,(H,22,24)/b21-11+. The van der Waals surface area contributed by atoms with E-state index in [1.165, 1.54) is 6.07 Å². The summed E-state index contributed by atoms with van der Waals surface area (Å²) in [6.07, 6.45) is 2.83. The molecule has 0 aliphatic carbocycles. The van der Waals surface area contributed by atoms with Crippen molar-refractivity contribution in [2.45, 2.75) is 13.5 Å². The zero-order chi connectivity index (χ0) is 17.6. The van der Waals surface area contributed by atoms with Crippen LogP contribution >= 0.6 is 0 Å². The highest BCUT2D eigenvalue weighted by atomic mass is 19.1. The van der Waals surface area contributed by atoms with E-state index in [4.69, 9.17) is 4.74 Å². The van der Waals surface area contributed by atoms with Gasteiger partial charge in [0, 0.05) is 28.2 Å². The van der Waals surface area contributed by atoms with Crippen LogP contribution < -0.4 is 5.43 Å². The van der Waals surface area contributed by atoms with E-state index >= 15 is 0 Å². The number of nitrogens with one attached hydrogen (secondary N) is 1. The fourth-order valence-corrected chi connectivity index (χ4v) is 2.64. The second kappa shape index (κ2) is 7.61. The average molecular weight is 339 g/mol. The van der Waals surface area contributed by atoms with E-state index in [0.717, 1.165) is 16.5 Å². The summed E-state index contributed by atoms with van der Waals surface area (Å²) in [5, 5.41) is 4.88. The average Bonchev–Trinajstić information content (AvgIpc) is 2.95. The Morgan fingerprint density at radius 1 is 1.24 bits per heavy atom. The zero-order valence-corrected chi connectivity index (χ0v) is 13.8. The van der Waals surface area contributed by atoms with Crippen molar-refractivity contribution in [1.29, 1.82) is 0 Å². The molecule has 0 atom stereocenters. The molecule has 0 saturated heterocycles. The molecule has 1 aromatic heterocycles. The Kier molecular flexibility index (Phi) is 5.09. The second-order valence-corrected chi connectivity index (χ2v) is 5.41. The number of aromatic nitrogens is 1. The molecule has 0 spiro atoms. The van der Waals surface area contributed by atoms with Crippen LogP contribution in [0.4, 0.5) is 9.18 Å². The van der Waals surface area contributed by atoms with Gasteiger partial charge in [0.25, 0.3) is 0 Å². The molecule has 25 heavy (non-hydrogen) atoms. The molecular formula is C19H18FN3O2. The molecule has 0 fully saturated rings. The van der Waals surface area contributed by atoms with Crippen molar-refractivity contribution < 1.29 is 13.9 Å². The van der Waals surface area contributed by atoms with Gasteiger partial charge in [-0.15, -0.1) is 0 Å². The molecule has 1 heterocycles. The van der Waals surface area contributed by atoms with Crippen molar-refractivity contribution in [3.05, 3.63) is 71.7 Å². The van der Waals surface area contributed by atoms with Gasteiger partial charge in [-0.25, -0.2) is 14.6 Å². The minimum atomic E-state index is -0.603. The third-order valence-corrected chi connectivity index (χ3v) is 3.75. The summed E-state index contributed by atoms with van der Waals surface area (Å²) >= 11 is 0. The molecule has 0 aliphatic heterocycles. The summed E-state index contributed by atoms with van der Waals surface area (Å²) in [5.74, 6) is -0.237. The summed E-state index contributed by atoms with van der Waals surface area (Å²) in [6, 6.07) is 14.5. The number of hydrogen-bond donors (Lipinski definition) is 1. The third-order valence-electron chi connectivity index (χ3n) is 3.75. The van der Waals surface area contributed by atoms with Gasteiger partial charge in [-0.05, 0) is 19.1 Å². The molecule has 3 rings (SSSR count). The van der Waals surface area contributed by atoms with Crippen molar-refractivity contribution in [3.8, 4) is 0 Å². The van der Waals surface area contributed by atoms with Crippen molar-refractivity contribution in [3.63, 3.8) is 0 Å². The predicted molar refractivity (Wildman–Crippen MR) is 95.2 cm³/mol. The highest BCUT2D eigenvalue weighted by molar-refractivity contribution is 5.99. The number of carbonyl (C=O) groups excluding carboxylic acids is 1. The first kappa shape index (κ1) is 16.7. The number of hydrogen-bond acceptors (Lipinski definition) is 3. The molecule has 2 aromatic carbocycles.